The van der Waals surface area contributed by atoms with Gasteiger partial charge in [0.15, 0.2) is 0 Å². The maximum absolute atomic E-state index is 12.4. The summed E-state index contributed by atoms with van der Waals surface area (Å²) in [6, 6.07) is 5.05. The lowest BCUT2D eigenvalue weighted by molar-refractivity contribution is -0.137. The second kappa shape index (κ2) is 5.32. The van der Waals surface area contributed by atoms with E-state index >= 15 is 0 Å². The number of halogens is 3. The zero-order valence-electron chi connectivity index (χ0n) is 8.92. The van der Waals surface area contributed by atoms with E-state index in [-0.39, 0.29) is 6.54 Å². The van der Waals surface area contributed by atoms with Gasteiger partial charge in [0.25, 0.3) is 0 Å². The molecule has 0 saturated carbocycles. The molecule has 0 aliphatic rings. The monoisotopic (exact) mass is 233 g/mol. The van der Waals surface area contributed by atoms with Crippen LogP contribution in [0.5, 0.6) is 0 Å². The minimum absolute atomic E-state index is 0.162. The van der Waals surface area contributed by atoms with Crippen LogP contribution >= 0.6 is 0 Å². The van der Waals surface area contributed by atoms with Gasteiger partial charge in [-0.05, 0) is 24.6 Å². The van der Waals surface area contributed by atoms with Crippen LogP contribution in [0.25, 0.3) is 0 Å². The van der Waals surface area contributed by atoms with E-state index in [2.05, 4.69) is 0 Å². The Morgan fingerprint density at radius 3 is 2.56 bits per heavy atom. The number of hydrogen-bond donors (Lipinski definition) is 1. The van der Waals surface area contributed by atoms with E-state index in [0.717, 1.165) is 12.1 Å². The molecule has 2 nitrogen and oxygen atoms in total. The maximum Gasteiger partial charge on any atom is 0.416 e. The first-order valence-electron chi connectivity index (χ1n) is 4.97. The lowest BCUT2D eigenvalue weighted by atomic mass is 10.1. The number of nitrogens with two attached hydrogens (primary N) is 1. The molecule has 5 heteroatoms. The molecular weight excluding hydrogens is 219 g/mol. The van der Waals surface area contributed by atoms with Gasteiger partial charge >= 0.3 is 6.18 Å². The van der Waals surface area contributed by atoms with Crippen LogP contribution in [0.15, 0.2) is 24.3 Å². The van der Waals surface area contributed by atoms with E-state index in [1.54, 1.807) is 13.0 Å². The summed E-state index contributed by atoms with van der Waals surface area (Å²) in [4.78, 5) is 0. The van der Waals surface area contributed by atoms with Crippen molar-refractivity contribution in [2.24, 2.45) is 5.73 Å². The first-order valence-corrected chi connectivity index (χ1v) is 4.97. The van der Waals surface area contributed by atoms with Gasteiger partial charge in [0.05, 0.1) is 11.7 Å². The van der Waals surface area contributed by atoms with Gasteiger partial charge in [0.1, 0.15) is 0 Å². The van der Waals surface area contributed by atoms with Gasteiger partial charge in [-0.3, -0.25) is 0 Å². The average molecular weight is 233 g/mol. The lowest BCUT2D eigenvalue weighted by Crippen LogP contribution is -2.16. The summed E-state index contributed by atoms with van der Waals surface area (Å²) < 4.78 is 42.6. The molecule has 0 amide bonds. The van der Waals surface area contributed by atoms with Gasteiger partial charge in [-0.1, -0.05) is 12.1 Å². The smallest absolute Gasteiger partial charge is 0.372 e. The fourth-order valence-corrected chi connectivity index (χ4v) is 1.42. The molecule has 0 aliphatic carbocycles. The van der Waals surface area contributed by atoms with Crippen molar-refractivity contribution in [1.82, 2.24) is 0 Å². The minimum Gasteiger partial charge on any atom is -0.372 e. The zero-order chi connectivity index (χ0) is 12.2. The van der Waals surface area contributed by atoms with E-state index < -0.39 is 17.8 Å². The number of hydrogen-bond acceptors (Lipinski definition) is 2. The fraction of sp³-hybridized carbons (Fsp3) is 0.455. The Kier molecular flexibility index (Phi) is 4.32. The molecule has 1 rings (SSSR count). The first kappa shape index (κ1) is 13.0. The highest BCUT2D eigenvalue weighted by Crippen LogP contribution is 2.31. The van der Waals surface area contributed by atoms with Crippen molar-refractivity contribution in [2.45, 2.75) is 19.2 Å². The first-order chi connectivity index (χ1) is 7.49. The predicted molar refractivity (Wildman–Crippen MR) is 54.9 cm³/mol. The molecule has 1 aromatic rings. The lowest BCUT2D eigenvalue weighted by Gasteiger charge is -2.16. The third kappa shape index (κ3) is 3.21. The van der Waals surface area contributed by atoms with Crippen LogP contribution in [0.3, 0.4) is 0 Å². The van der Waals surface area contributed by atoms with Gasteiger partial charge in [-0.2, -0.15) is 13.2 Å². The molecular formula is C11H14F3NO. The summed E-state index contributed by atoms with van der Waals surface area (Å²) in [7, 11) is 0. The van der Waals surface area contributed by atoms with Crippen molar-refractivity contribution >= 4 is 0 Å². The molecule has 0 heterocycles. The molecule has 0 spiro atoms. The maximum atomic E-state index is 12.4. The van der Waals surface area contributed by atoms with Gasteiger partial charge in [0, 0.05) is 13.2 Å². The summed E-state index contributed by atoms with van der Waals surface area (Å²) in [6.07, 6.45) is -4.81. The zero-order valence-corrected chi connectivity index (χ0v) is 8.92. The molecule has 16 heavy (non-hydrogen) atoms. The van der Waals surface area contributed by atoms with E-state index in [9.17, 15) is 13.2 Å². The molecule has 0 aliphatic heterocycles. The van der Waals surface area contributed by atoms with Crippen LogP contribution in [0.1, 0.15) is 24.2 Å². The van der Waals surface area contributed by atoms with Crippen molar-refractivity contribution < 1.29 is 17.9 Å². The quantitative estimate of drug-likeness (QED) is 0.867. The van der Waals surface area contributed by atoms with Crippen LogP contribution in [-0.4, -0.2) is 13.2 Å². The molecule has 0 bridgehead atoms. The minimum atomic E-state index is -4.33. The standard InChI is InChI=1S/C11H14F3NO/c1-2-16-10(7-15)8-4-3-5-9(6-8)11(12,13)14/h3-6,10H,2,7,15H2,1H3/t10-/m0/s1. The highest BCUT2D eigenvalue weighted by atomic mass is 19.4. The Balaban J connectivity index is 2.97. The largest absolute Gasteiger partial charge is 0.416 e. The topological polar surface area (TPSA) is 35.2 Å². The molecule has 0 saturated heterocycles. The summed E-state index contributed by atoms with van der Waals surface area (Å²) in [6.45, 7) is 2.35. The highest BCUT2D eigenvalue weighted by molar-refractivity contribution is 5.27. The number of benzene rings is 1. The molecule has 90 valence electrons. The average Bonchev–Trinajstić information content (AvgIpc) is 2.25. The Bertz CT molecular complexity index is 338. The molecule has 0 radical (unpaired) electrons. The Morgan fingerprint density at radius 2 is 2.06 bits per heavy atom. The van der Waals surface area contributed by atoms with Crippen molar-refractivity contribution in [3.8, 4) is 0 Å². The number of alkyl halides is 3. The summed E-state index contributed by atoms with van der Waals surface area (Å²) >= 11 is 0. The highest BCUT2D eigenvalue weighted by Gasteiger charge is 2.30. The Hall–Kier alpha value is -1.07. The van der Waals surface area contributed by atoms with Crippen molar-refractivity contribution in [3.63, 3.8) is 0 Å². The Morgan fingerprint density at radius 1 is 1.38 bits per heavy atom. The van der Waals surface area contributed by atoms with Gasteiger partial charge < -0.3 is 10.5 Å². The molecule has 1 atom stereocenters. The van der Waals surface area contributed by atoms with Crippen LogP contribution in [0.2, 0.25) is 0 Å². The Labute approximate surface area is 92.2 Å². The van der Waals surface area contributed by atoms with Crippen LogP contribution < -0.4 is 5.73 Å². The van der Waals surface area contributed by atoms with E-state index in [1.165, 1.54) is 6.07 Å². The molecule has 0 unspecified atom stereocenters. The predicted octanol–water partition coefficient (Wildman–Crippen LogP) is 2.74. The van der Waals surface area contributed by atoms with Gasteiger partial charge in [-0.25, -0.2) is 0 Å². The summed E-state index contributed by atoms with van der Waals surface area (Å²) in [5.74, 6) is 0. The fourth-order valence-electron chi connectivity index (χ4n) is 1.42. The van der Waals surface area contributed by atoms with E-state index in [1.807, 2.05) is 0 Å². The van der Waals surface area contributed by atoms with Crippen LogP contribution in [0.4, 0.5) is 13.2 Å². The van der Waals surface area contributed by atoms with Crippen molar-refractivity contribution in [1.29, 1.82) is 0 Å². The summed E-state index contributed by atoms with van der Waals surface area (Å²) in [5.41, 5.74) is 5.22. The molecule has 0 aromatic heterocycles. The van der Waals surface area contributed by atoms with Gasteiger partial charge in [0.2, 0.25) is 0 Å². The van der Waals surface area contributed by atoms with Crippen LogP contribution in [0, 0.1) is 0 Å². The molecule has 1 aromatic carbocycles. The number of ether oxygens (including phenoxy) is 1. The molecule has 2 N–H and O–H groups in total. The molecule has 0 fully saturated rings. The second-order valence-corrected chi connectivity index (χ2v) is 3.30. The van der Waals surface area contributed by atoms with Gasteiger partial charge in [-0.15, -0.1) is 0 Å². The van der Waals surface area contributed by atoms with E-state index in [0.29, 0.717) is 12.2 Å². The third-order valence-corrected chi connectivity index (χ3v) is 2.17. The van der Waals surface area contributed by atoms with Crippen LogP contribution in [-0.2, 0) is 10.9 Å². The summed E-state index contributed by atoms with van der Waals surface area (Å²) in [5, 5.41) is 0. The SMILES string of the molecule is CCO[C@@H](CN)c1cccc(C(F)(F)F)c1. The van der Waals surface area contributed by atoms with Crippen molar-refractivity contribution in [2.75, 3.05) is 13.2 Å². The third-order valence-electron chi connectivity index (χ3n) is 2.17. The van der Waals surface area contributed by atoms with Crippen molar-refractivity contribution in [3.05, 3.63) is 35.4 Å². The van der Waals surface area contributed by atoms with E-state index in [4.69, 9.17) is 10.5 Å². The second-order valence-electron chi connectivity index (χ2n) is 3.30. The number of rotatable bonds is 4. The normalized spacial score (nSPS) is 13.8.